The molecule has 0 bridgehead atoms. The van der Waals surface area contributed by atoms with Gasteiger partial charge in [0.15, 0.2) is 0 Å². The van der Waals surface area contributed by atoms with Crippen molar-refractivity contribution in [2.45, 2.75) is 23.8 Å². The molecule has 1 saturated heterocycles. The van der Waals surface area contributed by atoms with Crippen LogP contribution in [0.2, 0.25) is 0 Å². The third-order valence-corrected chi connectivity index (χ3v) is 6.26. The summed E-state index contributed by atoms with van der Waals surface area (Å²) in [7, 11) is -0.511. The number of carbonyl (C=O) groups excluding carboxylic acids is 1. The van der Waals surface area contributed by atoms with Crippen molar-refractivity contribution in [2.24, 2.45) is 0 Å². The molecule has 1 aromatic rings. The molecule has 1 fully saturated rings. The van der Waals surface area contributed by atoms with Crippen LogP contribution in [0.1, 0.15) is 12.0 Å². The molecular weight excluding hydrogens is 330 g/mol. The van der Waals surface area contributed by atoms with E-state index in [-0.39, 0.29) is 16.8 Å². The van der Waals surface area contributed by atoms with Gasteiger partial charge in [-0.1, -0.05) is 6.07 Å². The minimum Gasteiger partial charge on any atom is -0.378 e. The maximum Gasteiger partial charge on any atom is 0.242 e. The van der Waals surface area contributed by atoms with Crippen LogP contribution in [0.4, 0.5) is 5.69 Å². The molecule has 2 aliphatic heterocycles. The van der Waals surface area contributed by atoms with E-state index < -0.39 is 10.0 Å². The van der Waals surface area contributed by atoms with Gasteiger partial charge in [-0.2, -0.15) is 0 Å². The topological polar surface area (TPSA) is 79.0 Å². The first kappa shape index (κ1) is 17.3. The van der Waals surface area contributed by atoms with Gasteiger partial charge in [0, 0.05) is 45.3 Å². The molecule has 0 spiro atoms. The third kappa shape index (κ3) is 3.32. The van der Waals surface area contributed by atoms with Crippen LogP contribution < -0.4 is 10.2 Å². The average molecular weight is 353 g/mol. The van der Waals surface area contributed by atoms with E-state index in [1.165, 1.54) is 18.4 Å². The van der Waals surface area contributed by atoms with Gasteiger partial charge in [0.05, 0.1) is 18.1 Å². The molecular formula is C16H23N3O4S. The molecule has 0 aromatic heterocycles. The number of nitrogens with zero attached hydrogens (tertiary/aromatic N) is 2. The smallest absolute Gasteiger partial charge is 0.242 e. The zero-order valence-corrected chi connectivity index (χ0v) is 14.8. The summed E-state index contributed by atoms with van der Waals surface area (Å²) >= 11 is 0. The van der Waals surface area contributed by atoms with Crippen molar-refractivity contribution >= 4 is 21.6 Å². The Morgan fingerprint density at radius 3 is 2.88 bits per heavy atom. The van der Waals surface area contributed by atoms with Crippen LogP contribution in [-0.4, -0.2) is 65.1 Å². The van der Waals surface area contributed by atoms with E-state index in [0.717, 1.165) is 18.5 Å². The number of sulfonamides is 1. The molecule has 24 heavy (non-hydrogen) atoms. The fourth-order valence-electron chi connectivity index (χ4n) is 3.06. The second-order valence-corrected chi connectivity index (χ2v) is 8.46. The van der Waals surface area contributed by atoms with E-state index >= 15 is 0 Å². The molecule has 2 heterocycles. The minimum atomic E-state index is -3.51. The lowest BCUT2D eigenvalue weighted by Gasteiger charge is -2.26. The van der Waals surface area contributed by atoms with Crippen molar-refractivity contribution < 1.29 is 17.9 Å². The predicted molar refractivity (Wildman–Crippen MR) is 90.6 cm³/mol. The van der Waals surface area contributed by atoms with Crippen molar-refractivity contribution in [3.8, 4) is 0 Å². The van der Waals surface area contributed by atoms with Crippen molar-refractivity contribution in [3.05, 3.63) is 23.8 Å². The van der Waals surface area contributed by atoms with Gasteiger partial charge in [-0.3, -0.25) is 4.79 Å². The second kappa shape index (κ2) is 6.79. The predicted octanol–water partition coefficient (Wildman–Crippen LogP) is 0.205. The van der Waals surface area contributed by atoms with Crippen LogP contribution >= 0.6 is 0 Å². The van der Waals surface area contributed by atoms with E-state index in [1.807, 2.05) is 0 Å². The van der Waals surface area contributed by atoms with Gasteiger partial charge in [0.1, 0.15) is 0 Å². The van der Waals surface area contributed by atoms with Crippen LogP contribution in [0.3, 0.4) is 0 Å². The van der Waals surface area contributed by atoms with Gasteiger partial charge >= 0.3 is 0 Å². The molecule has 0 aliphatic carbocycles. The maximum absolute atomic E-state index is 12.6. The highest BCUT2D eigenvalue weighted by Gasteiger charge is 2.29. The quantitative estimate of drug-likeness (QED) is 0.837. The van der Waals surface area contributed by atoms with Crippen LogP contribution in [0, 0.1) is 0 Å². The Morgan fingerprint density at radius 2 is 2.21 bits per heavy atom. The first-order valence-electron chi connectivity index (χ1n) is 8.06. The van der Waals surface area contributed by atoms with E-state index in [1.54, 1.807) is 23.1 Å². The first-order valence-corrected chi connectivity index (χ1v) is 9.50. The molecule has 1 atom stereocenters. The van der Waals surface area contributed by atoms with Crippen molar-refractivity contribution in [2.75, 3.05) is 45.3 Å². The molecule has 1 aromatic carbocycles. The van der Waals surface area contributed by atoms with Gasteiger partial charge in [-0.05, 0) is 24.1 Å². The molecule has 0 saturated carbocycles. The highest BCUT2D eigenvalue weighted by Crippen LogP contribution is 2.31. The number of carbonyl (C=O) groups is 1. The summed E-state index contributed by atoms with van der Waals surface area (Å²) in [5.74, 6) is -0.00356. The molecule has 0 radical (unpaired) electrons. The Morgan fingerprint density at radius 1 is 1.42 bits per heavy atom. The summed E-state index contributed by atoms with van der Waals surface area (Å²) in [6.45, 7) is 2.54. The molecule has 1 amide bonds. The Hall–Kier alpha value is -1.48. The number of rotatable bonds is 4. The number of anilines is 1. The summed E-state index contributed by atoms with van der Waals surface area (Å²) in [5.41, 5.74) is 1.72. The van der Waals surface area contributed by atoms with Crippen molar-refractivity contribution in [1.82, 2.24) is 9.62 Å². The second-order valence-electron chi connectivity index (χ2n) is 6.30. The summed E-state index contributed by atoms with van der Waals surface area (Å²) in [4.78, 5) is 14.5. The summed E-state index contributed by atoms with van der Waals surface area (Å²) in [6, 6.07) is 5.05. The van der Waals surface area contributed by atoms with Crippen LogP contribution in [0.15, 0.2) is 23.1 Å². The molecule has 7 nitrogen and oxygen atoms in total. The molecule has 2 aliphatic rings. The van der Waals surface area contributed by atoms with E-state index in [9.17, 15) is 13.2 Å². The molecule has 1 unspecified atom stereocenters. The highest BCUT2D eigenvalue weighted by molar-refractivity contribution is 7.89. The van der Waals surface area contributed by atoms with Crippen molar-refractivity contribution in [3.63, 3.8) is 0 Å². The van der Waals surface area contributed by atoms with E-state index in [4.69, 9.17) is 4.74 Å². The van der Waals surface area contributed by atoms with Gasteiger partial charge in [-0.25, -0.2) is 12.7 Å². The van der Waals surface area contributed by atoms with Crippen LogP contribution in [0.5, 0.6) is 0 Å². The summed E-state index contributed by atoms with van der Waals surface area (Å²) in [5, 5.41) is 3.27. The largest absolute Gasteiger partial charge is 0.378 e. The van der Waals surface area contributed by atoms with Gasteiger partial charge in [0.2, 0.25) is 15.9 Å². The lowest BCUT2D eigenvalue weighted by Crippen LogP contribution is -2.45. The number of hydrogen-bond acceptors (Lipinski definition) is 5. The van der Waals surface area contributed by atoms with Crippen LogP contribution in [-0.2, 0) is 26.0 Å². The number of morpholine rings is 1. The number of hydrogen-bond donors (Lipinski definition) is 1. The molecule has 3 rings (SSSR count). The van der Waals surface area contributed by atoms with Gasteiger partial charge in [-0.15, -0.1) is 0 Å². The van der Waals surface area contributed by atoms with Gasteiger partial charge < -0.3 is 15.0 Å². The number of benzene rings is 1. The SMILES string of the molecule is CN(C)S(=O)(=O)c1ccc2c(c1)N(C(=O)CC1COCCN1)CC2. The zero-order valence-electron chi connectivity index (χ0n) is 14.0. The number of fused-ring (bicyclic) bond motifs is 1. The Labute approximate surface area is 142 Å². The monoisotopic (exact) mass is 353 g/mol. The Bertz CT molecular complexity index is 727. The third-order valence-electron chi connectivity index (χ3n) is 4.45. The molecule has 8 heteroatoms. The lowest BCUT2D eigenvalue weighted by atomic mass is 10.1. The van der Waals surface area contributed by atoms with E-state index in [0.29, 0.717) is 31.9 Å². The van der Waals surface area contributed by atoms with Gasteiger partial charge in [0.25, 0.3) is 0 Å². The fourth-order valence-corrected chi connectivity index (χ4v) is 3.98. The van der Waals surface area contributed by atoms with E-state index in [2.05, 4.69) is 5.32 Å². The summed E-state index contributed by atoms with van der Waals surface area (Å²) in [6.07, 6.45) is 1.10. The Kier molecular flexibility index (Phi) is 4.91. The molecule has 1 N–H and O–H groups in total. The lowest BCUT2D eigenvalue weighted by molar-refractivity contribution is -0.119. The molecule has 132 valence electrons. The fraction of sp³-hybridized carbons (Fsp3) is 0.562. The summed E-state index contributed by atoms with van der Waals surface area (Å²) < 4.78 is 31.2. The number of ether oxygens (including phenoxy) is 1. The Balaban J connectivity index is 1.81. The minimum absolute atomic E-state index is 0.00356. The normalized spacial score (nSPS) is 21.1. The zero-order chi connectivity index (χ0) is 17.3. The first-order chi connectivity index (χ1) is 11.4. The maximum atomic E-state index is 12.6. The standard InChI is InChI=1S/C16H23N3O4S/c1-18(2)24(21,22)14-4-3-12-5-7-19(15(12)10-14)16(20)9-13-11-23-8-6-17-13/h3-4,10,13,17H,5-9,11H2,1-2H3. The highest BCUT2D eigenvalue weighted by atomic mass is 32.2. The number of amides is 1. The van der Waals surface area contributed by atoms with Crippen LogP contribution in [0.25, 0.3) is 0 Å². The van der Waals surface area contributed by atoms with Crippen molar-refractivity contribution in [1.29, 1.82) is 0 Å². The average Bonchev–Trinajstić information content (AvgIpc) is 2.98. The number of nitrogens with one attached hydrogen (secondary N) is 1.